The number of pyridine rings is 1. The molecule has 1 unspecified atom stereocenters. The Balaban J connectivity index is 2.10. The van der Waals surface area contributed by atoms with Crippen molar-refractivity contribution in [1.29, 1.82) is 0 Å². The summed E-state index contributed by atoms with van der Waals surface area (Å²) in [6.45, 7) is 0. The van der Waals surface area contributed by atoms with Crippen LogP contribution in [0.5, 0.6) is 0 Å². The minimum Gasteiger partial charge on any atom is -0.375 e. The van der Waals surface area contributed by atoms with Crippen LogP contribution in [0.1, 0.15) is 19.3 Å². The molecule has 2 heterocycles. The molecule has 1 aliphatic heterocycles. The van der Waals surface area contributed by atoms with Gasteiger partial charge in [-0.05, 0) is 36.6 Å². The third-order valence-electron chi connectivity index (χ3n) is 4.63. The number of benzene rings is 1. The van der Waals surface area contributed by atoms with Crippen molar-refractivity contribution >= 4 is 29.6 Å². The first-order valence-corrected chi connectivity index (χ1v) is 8.81. The Hall–Kier alpha value is -3.22. The average molecular weight is 366 g/mol. The molecule has 3 rings (SSSR count). The number of aromatic nitrogens is 1. The Morgan fingerprint density at radius 3 is 2.56 bits per heavy atom. The quantitative estimate of drug-likeness (QED) is 0.646. The molecule has 0 aliphatic carbocycles. The molecular weight excluding hydrogens is 344 g/mol. The number of carbonyl (C=O) groups excluding carboxylic acids is 3. The van der Waals surface area contributed by atoms with Gasteiger partial charge in [0.05, 0.1) is 11.4 Å². The molecule has 1 aromatic heterocycles. The van der Waals surface area contributed by atoms with Crippen molar-refractivity contribution in [3.63, 3.8) is 0 Å². The normalized spacial score (nSPS) is 17.0. The molecular formula is C20H22N4O3. The average Bonchev–Trinajstić information content (AvgIpc) is 2.83. The Kier molecular flexibility index (Phi) is 5.49. The molecule has 140 valence electrons. The smallest absolute Gasteiger partial charge is 0.249 e. The van der Waals surface area contributed by atoms with E-state index in [1.54, 1.807) is 12.4 Å². The first-order valence-electron chi connectivity index (χ1n) is 8.81. The predicted octanol–water partition coefficient (Wildman–Crippen LogP) is 1.97. The van der Waals surface area contributed by atoms with Crippen LogP contribution in [0.4, 0.5) is 11.4 Å². The van der Waals surface area contributed by atoms with E-state index < -0.39 is 11.9 Å². The highest BCUT2D eigenvalue weighted by Crippen LogP contribution is 2.39. The molecule has 3 amide bonds. The van der Waals surface area contributed by atoms with Crippen molar-refractivity contribution in [1.82, 2.24) is 10.3 Å². The fraction of sp³-hybridized carbons (Fsp3) is 0.300. The number of anilines is 2. The number of nitrogens with zero attached hydrogens (tertiary/aromatic N) is 3. The Morgan fingerprint density at radius 2 is 1.89 bits per heavy atom. The van der Waals surface area contributed by atoms with Gasteiger partial charge in [0.1, 0.15) is 6.04 Å². The zero-order chi connectivity index (χ0) is 19.4. The molecule has 1 atom stereocenters. The van der Waals surface area contributed by atoms with Gasteiger partial charge in [-0.15, -0.1) is 0 Å². The van der Waals surface area contributed by atoms with Gasteiger partial charge in [0.15, 0.2) is 0 Å². The number of carbonyl (C=O) groups is 3. The Labute approximate surface area is 158 Å². The second-order valence-electron chi connectivity index (χ2n) is 6.64. The van der Waals surface area contributed by atoms with Gasteiger partial charge in [-0.2, -0.15) is 0 Å². The van der Waals surface area contributed by atoms with Gasteiger partial charge in [0, 0.05) is 38.5 Å². The highest BCUT2D eigenvalue weighted by Gasteiger charge is 2.31. The minimum absolute atomic E-state index is 0.284. The van der Waals surface area contributed by atoms with Crippen LogP contribution in [0.15, 0.2) is 42.7 Å². The predicted molar refractivity (Wildman–Crippen MR) is 103 cm³/mol. The van der Waals surface area contributed by atoms with Gasteiger partial charge >= 0.3 is 0 Å². The van der Waals surface area contributed by atoms with Crippen LogP contribution < -0.4 is 15.1 Å². The van der Waals surface area contributed by atoms with Crippen LogP contribution in [0, 0.1) is 0 Å². The van der Waals surface area contributed by atoms with E-state index in [2.05, 4.69) is 10.3 Å². The third-order valence-corrected chi connectivity index (χ3v) is 4.63. The third kappa shape index (κ3) is 3.81. The summed E-state index contributed by atoms with van der Waals surface area (Å²) >= 11 is 0. The number of nitrogens with one attached hydrogen (secondary N) is 1. The Morgan fingerprint density at radius 1 is 1.15 bits per heavy atom. The van der Waals surface area contributed by atoms with Crippen LogP contribution in [0.2, 0.25) is 0 Å². The summed E-state index contributed by atoms with van der Waals surface area (Å²) in [5, 5.41) is 2.37. The van der Waals surface area contributed by atoms with Gasteiger partial charge in [-0.25, -0.2) is 0 Å². The van der Waals surface area contributed by atoms with E-state index in [0.29, 0.717) is 24.9 Å². The highest BCUT2D eigenvalue weighted by molar-refractivity contribution is 6.04. The van der Waals surface area contributed by atoms with Crippen LogP contribution in [-0.2, 0) is 14.4 Å². The topological polar surface area (TPSA) is 82.6 Å². The summed E-state index contributed by atoms with van der Waals surface area (Å²) in [6, 6.07) is 8.71. The molecule has 7 heteroatoms. The van der Waals surface area contributed by atoms with E-state index in [1.165, 1.54) is 4.90 Å². The van der Waals surface area contributed by atoms with Crippen molar-refractivity contribution < 1.29 is 14.4 Å². The van der Waals surface area contributed by atoms with Gasteiger partial charge in [0.25, 0.3) is 0 Å². The summed E-state index contributed by atoms with van der Waals surface area (Å²) in [5.74, 6) is -0.740. The van der Waals surface area contributed by atoms with Crippen molar-refractivity contribution in [2.45, 2.75) is 25.3 Å². The number of amides is 3. The van der Waals surface area contributed by atoms with E-state index in [-0.39, 0.29) is 12.3 Å². The molecule has 27 heavy (non-hydrogen) atoms. The van der Waals surface area contributed by atoms with Crippen LogP contribution in [0.3, 0.4) is 0 Å². The number of para-hydroxylation sites is 1. The summed E-state index contributed by atoms with van der Waals surface area (Å²) in [7, 11) is 3.78. The maximum atomic E-state index is 12.5. The highest BCUT2D eigenvalue weighted by atomic mass is 16.2. The first kappa shape index (κ1) is 18.6. The lowest BCUT2D eigenvalue weighted by Gasteiger charge is -2.31. The van der Waals surface area contributed by atoms with Gasteiger partial charge < -0.3 is 9.80 Å². The zero-order valence-electron chi connectivity index (χ0n) is 15.4. The summed E-state index contributed by atoms with van der Waals surface area (Å²) in [4.78, 5) is 43.5. The van der Waals surface area contributed by atoms with E-state index in [9.17, 15) is 14.4 Å². The van der Waals surface area contributed by atoms with Gasteiger partial charge in [0.2, 0.25) is 18.2 Å². The van der Waals surface area contributed by atoms with E-state index in [4.69, 9.17) is 0 Å². The minimum atomic E-state index is -0.722. The number of hydrogen-bond acceptors (Lipinski definition) is 5. The first-order chi connectivity index (χ1) is 13.0. The molecule has 1 N–H and O–H groups in total. The second kappa shape index (κ2) is 7.99. The standard InChI is InChI=1S/C20H22N4O3/c1-23(2)19-15(14-9-11-21-12-10-14)5-3-6-16(19)24(13-25)17-7-4-8-18(26)22-20(17)27/h3,5-6,9-13,17H,4,7-8H2,1-2H3,(H,22,26,27). The number of rotatable bonds is 5. The maximum Gasteiger partial charge on any atom is 0.249 e. The van der Waals surface area contributed by atoms with Gasteiger partial charge in [-0.3, -0.25) is 24.7 Å². The lowest BCUT2D eigenvalue weighted by Crippen LogP contribution is -2.47. The van der Waals surface area contributed by atoms with E-state index >= 15 is 0 Å². The van der Waals surface area contributed by atoms with Crippen molar-refractivity contribution in [2.75, 3.05) is 23.9 Å². The van der Waals surface area contributed by atoms with E-state index in [0.717, 1.165) is 16.8 Å². The van der Waals surface area contributed by atoms with Crippen molar-refractivity contribution in [3.8, 4) is 11.1 Å². The summed E-state index contributed by atoms with van der Waals surface area (Å²) in [6.07, 6.45) is 5.36. The number of hydrogen-bond donors (Lipinski definition) is 1. The van der Waals surface area contributed by atoms with Crippen LogP contribution in [-0.4, -0.2) is 43.3 Å². The van der Waals surface area contributed by atoms with Gasteiger partial charge in [-0.1, -0.05) is 12.1 Å². The molecule has 0 saturated carbocycles. The lowest BCUT2D eigenvalue weighted by atomic mass is 10.0. The molecule has 2 aromatic rings. The van der Waals surface area contributed by atoms with Crippen molar-refractivity contribution in [2.24, 2.45) is 0 Å². The molecule has 7 nitrogen and oxygen atoms in total. The monoisotopic (exact) mass is 366 g/mol. The zero-order valence-corrected chi connectivity index (χ0v) is 15.4. The second-order valence-corrected chi connectivity index (χ2v) is 6.64. The fourth-order valence-corrected chi connectivity index (χ4v) is 3.41. The molecule has 1 fully saturated rings. The Bertz CT molecular complexity index is 852. The summed E-state index contributed by atoms with van der Waals surface area (Å²) < 4.78 is 0. The SMILES string of the molecule is CN(C)c1c(-c2ccncc2)cccc1N(C=O)C1CCCC(=O)NC1=O. The molecule has 1 aliphatic rings. The molecule has 0 bridgehead atoms. The maximum absolute atomic E-state index is 12.5. The van der Waals surface area contributed by atoms with Crippen LogP contribution in [0.25, 0.3) is 11.1 Å². The molecule has 1 saturated heterocycles. The molecule has 0 radical (unpaired) electrons. The lowest BCUT2D eigenvalue weighted by molar-refractivity contribution is -0.130. The fourth-order valence-electron chi connectivity index (χ4n) is 3.41. The van der Waals surface area contributed by atoms with E-state index in [1.807, 2.05) is 49.3 Å². The largest absolute Gasteiger partial charge is 0.375 e. The molecule has 1 aromatic carbocycles. The summed E-state index contributed by atoms with van der Waals surface area (Å²) in [5.41, 5.74) is 3.33. The molecule has 0 spiro atoms. The van der Waals surface area contributed by atoms with Crippen LogP contribution >= 0.6 is 0 Å². The van der Waals surface area contributed by atoms with Crippen molar-refractivity contribution in [3.05, 3.63) is 42.7 Å². The number of imide groups is 1.